The van der Waals surface area contributed by atoms with Crippen LogP contribution in [0.25, 0.3) is 0 Å². The normalized spacial score (nSPS) is 13.0. The van der Waals surface area contributed by atoms with Gasteiger partial charge >= 0.3 is 17.9 Å². The van der Waals surface area contributed by atoms with E-state index in [1.807, 2.05) is 0 Å². The fraction of sp³-hybridized carbons (Fsp3) is 0.675. The zero-order valence-corrected chi connectivity index (χ0v) is 54.2. The molecule has 1 unspecified atom stereocenters. The van der Waals surface area contributed by atoms with Crippen molar-refractivity contribution in [3.05, 3.63) is 134 Å². The second-order valence-electron chi connectivity index (χ2n) is 22.7. The molecule has 83 heavy (non-hydrogen) atoms. The number of ether oxygens (including phenoxy) is 3. The predicted molar refractivity (Wildman–Crippen MR) is 362 cm³/mol. The topological polar surface area (TPSA) is 78.9 Å². The Morgan fingerprint density at radius 1 is 0.253 bits per heavy atom. The van der Waals surface area contributed by atoms with E-state index in [0.717, 1.165) is 116 Å². The number of carbonyl (C=O) groups is 3. The molecule has 0 heterocycles. The van der Waals surface area contributed by atoms with Gasteiger partial charge in [0.2, 0.25) is 0 Å². The minimum atomic E-state index is -0.819. The van der Waals surface area contributed by atoms with Crippen molar-refractivity contribution in [2.45, 2.75) is 322 Å². The summed E-state index contributed by atoms with van der Waals surface area (Å²) >= 11 is 0. The van der Waals surface area contributed by atoms with E-state index in [9.17, 15) is 14.4 Å². The second-order valence-corrected chi connectivity index (χ2v) is 22.7. The Morgan fingerprint density at radius 2 is 0.482 bits per heavy atom. The fourth-order valence-corrected chi connectivity index (χ4v) is 9.43. The van der Waals surface area contributed by atoms with E-state index in [1.54, 1.807) is 0 Å². The highest BCUT2D eigenvalue weighted by Gasteiger charge is 2.19. The quantitative estimate of drug-likeness (QED) is 0.0261. The van der Waals surface area contributed by atoms with Gasteiger partial charge in [-0.1, -0.05) is 296 Å². The third-order valence-electron chi connectivity index (χ3n) is 14.6. The molecule has 0 aliphatic carbocycles. The Labute approximate surface area is 513 Å². The third kappa shape index (κ3) is 68.2. The van der Waals surface area contributed by atoms with E-state index in [1.165, 1.54) is 154 Å². The molecular formula is C77H128O6. The Morgan fingerprint density at radius 3 is 0.783 bits per heavy atom. The van der Waals surface area contributed by atoms with Gasteiger partial charge in [0.05, 0.1) is 0 Å². The second kappa shape index (κ2) is 70.0. The lowest BCUT2D eigenvalue weighted by Gasteiger charge is -2.18. The van der Waals surface area contributed by atoms with Crippen LogP contribution in [0.2, 0.25) is 0 Å². The molecule has 0 bridgehead atoms. The first-order valence-corrected chi connectivity index (χ1v) is 34.7. The van der Waals surface area contributed by atoms with Crippen molar-refractivity contribution in [2.24, 2.45) is 0 Å². The summed E-state index contributed by atoms with van der Waals surface area (Å²) in [6, 6.07) is 0. The number of esters is 3. The number of unbranched alkanes of at least 4 members (excludes halogenated alkanes) is 29. The van der Waals surface area contributed by atoms with Gasteiger partial charge in [-0.15, -0.1) is 0 Å². The van der Waals surface area contributed by atoms with E-state index in [2.05, 4.69) is 154 Å². The van der Waals surface area contributed by atoms with Crippen LogP contribution in [0.15, 0.2) is 134 Å². The van der Waals surface area contributed by atoms with Gasteiger partial charge < -0.3 is 14.2 Å². The van der Waals surface area contributed by atoms with E-state index in [4.69, 9.17) is 14.2 Å². The monoisotopic (exact) mass is 1150 g/mol. The number of allylic oxidation sites excluding steroid dienone is 22. The van der Waals surface area contributed by atoms with Gasteiger partial charge in [-0.25, -0.2) is 0 Å². The molecule has 0 aromatic heterocycles. The van der Waals surface area contributed by atoms with E-state index < -0.39 is 6.10 Å². The molecule has 1 atom stereocenters. The van der Waals surface area contributed by atoms with E-state index in [0.29, 0.717) is 19.3 Å². The summed E-state index contributed by atoms with van der Waals surface area (Å²) in [5.41, 5.74) is 0. The summed E-state index contributed by atoms with van der Waals surface area (Å²) in [5, 5.41) is 0. The van der Waals surface area contributed by atoms with Gasteiger partial charge in [0, 0.05) is 19.3 Å². The molecule has 6 nitrogen and oxygen atoms in total. The Balaban J connectivity index is 4.44. The largest absolute Gasteiger partial charge is 0.462 e. The number of hydrogen-bond acceptors (Lipinski definition) is 6. The maximum atomic E-state index is 12.9. The fourth-order valence-electron chi connectivity index (χ4n) is 9.43. The third-order valence-corrected chi connectivity index (χ3v) is 14.6. The molecule has 0 aromatic rings. The highest BCUT2D eigenvalue weighted by atomic mass is 16.6. The van der Waals surface area contributed by atoms with E-state index in [-0.39, 0.29) is 37.5 Å². The minimum absolute atomic E-state index is 0.107. The molecular weight excluding hydrogens is 1020 g/mol. The van der Waals surface area contributed by atoms with Crippen LogP contribution in [0, 0.1) is 0 Å². The molecule has 0 saturated heterocycles. The minimum Gasteiger partial charge on any atom is -0.462 e. The van der Waals surface area contributed by atoms with Crippen molar-refractivity contribution in [3.8, 4) is 0 Å². The number of carbonyl (C=O) groups excluding carboxylic acids is 3. The maximum Gasteiger partial charge on any atom is 0.306 e. The average Bonchev–Trinajstić information content (AvgIpc) is 3.49. The first kappa shape index (κ1) is 78.5. The highest BCUT2D eigenvalue weighted by Crippen LogP contribution is 2.16. The van der Waals surface area contributed by atoms with Crippen molar-refractivity contribution < 1.29 is 28.6 Å². The SMILES string of the molecule is CC/C=C\C/C=C\C/C=C\C/C=C\C/C=C\C/C=C\C/C=C\CCCC(=O)OC(COC(=O)CCCCCCC/C=C\CCCCCCCC)COC(=O)CCCCCCCCCCCCCC/C=C\C/C=C\C/C=C\CCCCCCC. The molecule has 6 heteroatoms. The van der Waals surface area contributed by atoms with Gasteiger partial charge in [-0.2, -0.15) is 0 Å². The molecule has 0 amide bonds. The molecule has 0 aliphatic rings. The summed E-state index contributed by atoms with van der Waals surface area (Å²) in [7, 11) is 0. The lowest BCUT2D eigenvalue weighted by atomic mass is 10.0. The van der Waals surface area contributed by atoms with Crippen LogP contribution < -0.4 is 0 Å². The van der Waals surface area contributed by atoms with Crippen LogP contribution >= 0.6 is 0 Å². The van der Waals surface area contributed by atoms with E-state index >= 15 is 0 Å². The molecule has 0 aliphatic heterocycles. The summed E-state index contributed by atoms with van der Waals surface area (Å²) in [6.45, 7) is 6.47. The van der Waals surface area contributed by atoms with Crippen molar-refractivity contribution in [2.75, 3.05) is 13.2 Å². The molecule has 0 radical (unpaired) electrons. The zero-order valence-electron chi connectivity index (χ0n) is 54.2. The van der Waals surface area contributed by atoms with Gasteiger partial charge in [0.25, 0.3) is 0 Å². The lowest BCUT2D eigenvalue weighted by molar-refractivity contribution is -0.167. The van der Waals surface area contributed by atoms with Crippen molar-refractivity contribution in [3.63, 3.8) is 0 Å². The van der Waals surface area contributed by atoms with Crippen LogP contribution in [0.1, 0.15) is 316 Å². The van der Waals surface area contributed by atoms with Crippen molar-refractivity contribution in [1.29, 1.82) is 0 Å². The number of rotatable bonds is 62. The van der Waals surface area contributed by atoms with Gasteiger partial charge in [-0.3, -0.25) is 14.4 Å². The van der Waals surface area contributed by atoms with Crippen LogP contribution in [-0.2, 0) is 28.6 Å². The molecule has 0 N–H and O–H groups in total. The van der Waals surface area contributed by atoms with Crippen LogP contribution in [0.3, 0.4) is 0 Å². The first-order valence-electron chi connectivity index (χ1n) is 34.7. The standard InChI is InChI=1S/C77H128O6/c1-4-7-10-13-16-19-22-25-28-30-32-34-36-37-38-39-41-42-44-46-49-52-55-58-61-64-67-70-76(79)82-73-74(72-81-75(78)69-66-63-60-57-54-51-48-27-24-21-18-15-12-9-6-3)83-77(80)71-68-65-62-59-56-53-50-47-45-43-40-35-33-31-29-26-23-20-17-14-11-8-5-2/h8,11,17,20,22,25-27,29-30,32-33,35-37,43,45,48,50,53,59,62,74H,4-7,9-10,12-16,18-19,21,23-24,28,31,34,38-42,44,46-47,49,51-52,54-58,60-61,63-73H2,1-3H3/b11-8-,20-17-,25-22-,29-26-,32-30-,35-33-,37-36-,45-43-,48-27-,53-50-,62-59-. The van der Waals surface area contributed by atoms with Crippen molar-refractivity contribution >= 4 is 17.9 Å². The van der Waals surface area contributed by atoms with Crippen LogP contribution in [0.4, 0.5) is 0 Å². The van der Waals surface area contributed by atoms with Gasteiger partial charge in [-0.05, 0) is 135 Å². The molecule has 0 saturated carbocycles. The highest BCUT2D eigenvalue weighted by molar-refractivity contribution is 5.71. The molecule has 0 fully saturated rings. The Bertz CT molecular complexity index is 1750. The Kier molecular flexibility index (Phi) is 66.3. The average molecular weight is 1150 g/mol. The Hall–Kier alpha value is -4.45. The molecule has 472 valence electrons. The van der Waals surface area contributed by atoms with Gasteiger partial charge in [0.1, 0.15) is 13.2 Å². The molecule has 0 aromatic carbocycles. The molecule has 0 rings (SSSR count). The summed E-state index contributed by atoms with van der Waals surface area (Å²) < 4.78 is 16.9. The van der Waals surface area contributed by atoms with Gasteiger partial charge in [0.15, 0.2) is 6.10 Å². The zero-order chi connectivity index (χ0) is 59.9. The predicted octanol–water partition coefficient (Wildman–Crippen LogP) is 24.1. The maximum absolute atomic E-state index is 12.9. The number of hydrogen-bond donors (Lipinski definition) is 0. The van der Waals surface area contributed by atoms with Crippen LogP contribution in [-0.4, -0.2) is 37.2 Å². The first-order chi connectivity index (χ1) is 41.0. The lowest BCUT2D eigenvalue weighted by Crippen LogP contribution is -2.30. The molecule has 0 spiro atoms. The smallest absolute Gasteiger partial charge is 0.306 e. The summed E-state index contributed by atoms with van der Waals surface area (Å²) in [4.78, 5) is 38.4. The summed E-state index contributed by atoms with van der Waals surface area (Å²) in [5.74, 6) is -0.972. The van der Waals surface area contributed by atoms with Crippen LogP contribution in [0.5, 0.6) is 0 Å². The summed E-state index contributed by atoms with van der Waals surface area (Å²) in [6.07, 6.45) is 99.0. The van der Waals surface area contributed by atoms with Crippen molar-refractivity contribution in [1.82, 2.24) is 0 Å².